The largest absolute Gasteiger partial charge is 0.399 e. The highest BCUT2D eigenvalue weighted by molar-refractivity contribution is 5.56. The molecule has 0 aliphatic rings. The highest BCUT2D eigenvalue weighted by Crippen LogP contribution is 2.23. The molecule has 0 aliphatic heterocycles. The van der Waals surface area contributed by atoms with Crippen LogP contribution < -0.4 is 11.5 Å². The van der Waals surface area contributed by atoms with E-state index in [0.717, 1.165) is 0 Å². The van der Waals surface area contributed by atoms with Crippen molar-refractivity contribution >= 4 is 11.4 Å². The van der Waals surface area contributed by atoms with Crippen molar-refractivity contribution in [2.75, 3.05) is 11.5 Å². The van der Waals surface area contributed by atoms with Gasteiger partial charge in [0.15, 0.2) is 0 Å². The van der Waals surface area contributed by atoms with E-state index in [-0.39, 0.29) is 0 Å². The number of aliphatic hydroxyl groups excluding tert-OH is 1. The average Bonchev–Trinajstić information content (AvgIpc) is 2.08. The number of nitrogen functional groups attached to an aromatic ring is 2. The fourth-order valence-corrected chi connectivity index (χ4v) is 0.976. The maximum atomic E-state index is 9.38. The van der Waals surface area contributed by atoms with Crippen molar-refractivity contribution in [1.82, 2.24) is 0 Å². The summed E-state index contributed by atoms with van der Waals surface area (Å²) in [6, 6.07) is 4.99. The molecule has 0 bridgehead atoms. The maximum Gasteiger partial charge on any atom is 0.0989 e. The number of rotatable bonds is 2. The molecule has 0 unspecified atom stereocenters. The van der Waals surface area contributed by atoms with Gasteiger partial charge in [-0.25, -0.2) is 0 Å². The summed E-state index contributed by atoms with van der Waals surface area (Å²) in [4.78, 5) is 0. The van der Waals surface area contributed by atoms with Crippen molar-refractivity contribution in [3.8, 4) is 0 Å². The number of hydrogen-bond donors (Lipinski definition) is 3. The Kier molecular flexibility index (Phi) is 2.35. The maximum absolute atomic E-state index is 9.38. The molecule has 3 heteroatoms. The minimum atomic E-state index is -0.742. The molecule has 0 saturated carbocycles. The quantitative estimate of drug-likeness (QED) is 0.452. The molecule has 3 nitrogen and oxygen atoms in total. The Bertz CT molecular complexity index is 297. The topological polar surface area (TPSA) is 72.3 Å². The van der Waals surface area contributed by atoms with Gasteiger partial charge in [0.1, 0.15) is 0 Å². The lowest BCUT2D eigenvalue weighted by Gasteiger charge is -2.09. The molecule has 64 valence electrons. The Morgan fingerprint density at radius 1 is 1.42 bits per heavy atom. The molecular weight excluding hydrogens is 152 g/mol. The van der Waals surface area contributed by atoms with Crippen LogP contribution in [0.3, 0.4) is 0 Å². The third-order valence-electron chi connectivity index (χ3n) is 1.65. The van der Waals surface area contributed by atoms with Crippen LogP contribution in [0.1, 0.15) is 11.7 Å². The van der Waals surface area contributed by atoms with Gasteiger partial charge in [-0.3, -0.25) is 0 Å². The van der Waals surface area contributed by atoms with Crippen LogP contribution in [0.25, 0.3) is 0 Å². The molecule has 0 amide bonds. The highest BCUT2D eigenvalue weighted by Gasteiger charge is 2.06. The highest BCUT2D eigenvalue weighted by atomic mass is 16.3. The third-order valence-corrected chi connectivity index (χ3v) is 1.65. The minimum absolute atomic E-state index is 0.525. The monoisotopic (exact) mass is 164 g/mol. The molecule has 0 spiro atoms. The summed E-state index contributed by atoms with van der Waals surface area (Å²) in [6.45, 7) is 3.46. The molecule has 0 aliphatic carbocycles. The van der Waals surface area contributed by atoms with Crippen molar-refractivity contribution < 1.29 is 5.11 Å². The summed E-state index contributed by atoms with van der Waals surface area (Å²) in [6.07, 6.45) is 0.666. The van der Waals surface area contributed by atoms with E-state index >= 15 is 0 Å². The molecule has 0 aromatic heterocycles. The Morgan fingerprint density at radius 2 is 2.08 bits per heavy atom. The van der Waals surface area contributed by atoms with Crippen LogP contribution in [0.2, 0.25) is 0 Å². The smallest absolute Gasteiger partial charge is 0.0989 e. The van der Waals surface area contributed by atoms with Crippen LogP contribution in [-0.2, 0) is 0 Å². The molecule has 0 heterocycles. The SMILES string of the molecule is C=C[C@H](O)c1cc(N)ccc1N. The van der Waals surface area contributed by atoms with E-state index in [4.69, 9.17) is 11.5 Å². The first-order chi connectivity index (χ1) is 5.65. The van der Waals surface area contributed by atoms with Gasteiger partial charge in [-0.2, -0.15) is 0 Å². The number of nitrogens with two attached hydrogens (primary N) is 2. The summed E-state index contributed by atoms with van der Waals surface area (Å²) in [5.74, 6) is 0. The first kappa shape index (κ1) is 8.62. The second kappa shape index (κ2) is 3.28. The zero-order chi connectivity index (χ0) is 9.14. The van der Waals surface area contributed by atoms with Crippen LogP contribution >= 0.6 is 0 Å². The van der Waals surface area contributed by atoms with Crippen LogP contribution in [0.5, 0.6) is 0 Å². The number of aliphatic hydroxyl groups is 1. The summed E-state index contributed by atoms with van der Waals surface area (Å²) < 4.78 is 0. The Balaban J connectivity index is 3.12. The van der Waals surface area contributed by atoms with E-state index in [1.807, 2.05) is 0 Å². The zero-order valence-corrected chi connectivity index (χ0v) is 6.70. The van der Waals surface area contributed by atoms with Gasteiger partial charge in [0.05, 0.1) is 6.10 Å². The fourth-order valence-electron chi connectivity index (χ4n) is 0.976. The van der Waals surface area contributed by atoms with Gasteiger partial charge < -0.3 is 16.6 Å². The van der Waals surface area contributed by atoms with Crippen LogP contribution in [0.15, 0.2) is 30.9 Å². The van der Waals surface area contributed by atoms with Gasteiger partial charge in [-0.1, -0.05) is 6.08 Å². The van der Waals surface area contributed by atoms with Gasteiger partial charge in [-0.15, -0.1) is 6.58 Å². The molecule has 5 N–H and O–H groups in total. The lowest BCUT2D eigenvalue weighted by atomic mass is 10.1. The van der Waals surface area contributed by atoms with Gasteiger partial charge in [0, 0.05) is 16.9 Å². The lowest BCUT2D eigenvalue weighted by Crippen LogP contribution is -2.00. The molecule has 0 saturated heterocycles. The van der Waals surface area contributed by atoms with E-state index in [0.29, 0.717) is 16.9 Å². The van der Waals surface area contributed by atoms with E-state index in [9.17, 15) is 5.11 Å². The first-order valence-corrected chi connectivity index (χ1v) is 3.60. The predicted molar refractivity (Wildman–Crippen MR) is 50.4 cm³/mol. The van der Waals surface area contributed by atoms with Gasteiger partial charge >= 0.3 is 0 Å². The van der Waals surface area contributed by atoms with E-state index in [1.54, 1.807) is 18.2 Å². The van der Waals surface area contributed by atoms with Crippen LogP contribution in [0, 0.1) is 0 Å². The van der Waals surface area contributed by atoms with Crippen molar-refractivity contribution in [3.63, 3.8) is 0 Å². The zero-order valence-electron chi connectivity index (χ0n) is 6.70. The molecule has 12 heavy (non-hydrogen) atoms. The molecule has 1 atom stereocenters. The second-order valence-electron chi connectivity index (χ2n) is 2.57. The van der Waals surface area contributed by atoms with Crippen molar-refractivity contribution in [2.45, 2.75) is 6.10 Å². The van der Waals surface area contributed by atoms with E-state index in [1.165, 1.54) is 6.08 Å². The summed E-state index contributed by atoms with van der Waals surface area (Å²) in [7, 11) is 0. The average molecular weight is 164 g/mol. The summed E-state index contributed by atoms with van der Waals surface area (Å²) in [5.41, 5.74) is 12.8. The van der Waals surface area contributed by atoms with Gasteiger partial charge in [0.25, 0.3) is 0 Å². The van der Waals surface area contributed by atoms with Crippen molar-refractivity contribution in [3.05, 3.63) is 36.4 Å². The van der Waals surface area contributed by atoms with E-state index in [2.05, 4.69) is 6.58 Å². The Morgan fingerprint density at radius 3 is 2.67 bits per heavy atom. The van der Waals surface area contributed by atoms with Crippen LogP contribution in [-0.4, -0.2) is 5.11 Å². The molecule has 1 rings (SSSR count). The summed E-state index contributed by atoms with van der Waals surface area (Å²) >= 11 is 0. The molecular formula is C9H12N2O. The fraction of sp³-hybridized carbons (Fsp3) is 0.111. The number of hydrogen-bond acceptors (Lipinski definition) is 3. The summed E-state index contributed by atoms with van der Waals surface area (Å²) in [5, 5.41) is 9.38. The van der Waals surface area contributed by atoms with Crippen molar-refractivity contribution in [2.24, 2.45) is 0 Å². The minimum Gasteiger partial charge on any atom is -0.399 e. The lowest BCUT2D eigenvalue weighted by molar-refractivity contribution is 0.230. The Labute approximate surface area is 71.3 Å². The number of benzene rings is 1. The Hall–Kier alpha value is -1.48. The molecule has 1 aromatic carbocycles. The predicted octanol–water partition coefficient (Wildman–Crippen LogP) is 1.07. The van der Waals surface area contributed by atoms with Gasteiger partial charge in [-0.05, 0) is 18.2 Å². The molecule has 0 radical (unpaired) electrons. The molecule has 1 aromatic rings. The van der Waals surface area contributed by atoms with Crippen molar-refractivity contribution in [1.29, 1.82) is 0 Å². The normalized spacial score (nSPS) is 12.4. The standard InChI is InChI=1S/C9H12N2O/c1-2-9(12)7-5-6(10)3-4-8(7)11/h2-5,9,12H,1,10-11H2/t9-/m0/s1. The van der Waals surface area contributed by atoms with Crippen LogP contribution in [0.4, 0.5) is 11.4 Å². The van der Waals surface area contributed by atoms with Gasteiger partial charge in [0.2, 0.25) is 0 Å². The first-order valence-electron chi connectivity index (χ1n) is 3.60. The molecule has 0 fully saturated rings. The third kappa shape index (κ3) is 1.57. The second-order valence-corrected chi connectivity index (χ2v) is 2.57. The number of anilines is 2. The van der Waals surface area contributed by atoms with E-state index < -0.39 is 6.10 Å².